The molecule has 0 spiro atoms. The van der Waals surface area contributed by atoms with Crippen LogP contribution in [0.3, 0.4) is 0 Å². The number of aromatic nitrogens is 2. The van der Waals surface area contributed by atoms with Gasteiger partial charge in [0.2, 0.25) is 0 Å². The number of rotatable bonds is 2. The number of piperidine rings is 1. The van der Waals surface area contributed by atoms with Crippen molar-refractivity contribution >= 4 is 10.2 Å². The Morgan fingerprint density at radius 1 is 1.17 bits per heavy atom. The van der Waals surface area contributed by atoms with Crippen molar-refractivity contribution in [1.82, 2.24) is 13.5 Å². The van der Waals surface area contributed by atoms with Crippen molar-refractivity contribution < 1.29 is 8.42 Å². The summed E-state index contributed by atoms with van der Waals surface area (Å²) in [6, 6.07) is 0. The van der Waals surface area contributed by atoms with Crippen molar-refractivity contribution in [3.05, 3.63) is 17.0 Å². The van der Waals surface area contributed by atoms with E-state index in [1.807, 2.05) is 13.8 Å². The quantitative estimate of drug-likeness (QED) is 0.821. The summed E-state index contributed by atoms with van der Waals surface area (Å²) in [5.41, 5.74) is 2.44. The highest BCUT2D eigenvalue weighted by atomic mass is 32.2. The predicted molar refractivity (Wildman–Crippen MR) is 70.7 cm³/mol. The maximum absolute atomic E-state index is 12.5. The second-order valence-electron chi connectivity index (χ2n) is 5.23. The SMILES string of the molecule is Cc1nn(S(=O)(=O)N2CCC(C)CC2)c(C)c1C. The average Bonchev–Trinajstić information content (AvgIpc) is 2.58. The number of aryl methyl sites for hydroxylation is 1. The Balaban J connectivity index is 2.33. The van der Waals surface area contributed by atoms with Gasteiger partial charge in [-0.3, -0.25) is 0 Å². The van der Waals surface area contributed by atoms with E-state index in [9.17, 15) is 8.42 Å². The minimum Gasteiger partial charge on any atom is -0.187 e. The first kappa shape index (κ1) is 13.5. The molecule has 1 saturated heterocycles. The lowest BCUT2D eigenvalue weighted by atomic mass is 10.0. The zero-order chi connectivity index (χ0) is 13.5. The van der Waals surface area contributed by atoms with Gasteiger partial charge in [0.15, 0.2) is 0 Å². The molecule has 6 heteroatoms. The maximum atomic E-state index is 12.5. The summed E-state index contributed by atoms with van der Waals surface area (Å²) in [7, 11) is -3.48. The van der Waals surface area contributed by atoms with Gasteiger partial charge in [-0.2, -0.15) is 17.8 Å². The Kier molecular flexibility index (Phi) is 3.51. The maximum Gasteiger partial charge on any atom is 0.323 e. The molecule has 102 valence electrons. The van der Waals surface area contributed by atoms with E-state index in [-0.39, 0.29) is 0 Å². The number of nitrogens with zero attached hydrogens (tertiary/aromatic N) is 3. The minimum absolute atomic E-state index is 0.598. The Hall–Kier alpha value is -0.880. The molecule has 0 saturated carbocycles. The molecule has 2 heterocycles. The van der Waals surface area contributed by atoms with E-state index in [0.29, 0.717) is 24.7 Å². The van der Waals surface area contributed by atoms with E-state index < -0.39 is 10.2 Å². The summed E-state index contributed by atoms with van der Waals surface area (Å²) in [6.45, 7) is 8.91. The molecule has 1 aliphatic rings. The molecule has 1 aliphatic heterocycles. The van der Waals surface area contributed by atoms with Crippen molar-refractivity contribution in [3.8, 4) is 0 Å². The molecule has 0 aliphatic carbocycles. The second kappa shape index (κ2) is 4.66. The summed E-state index contributed by atoms with van der Waals surface area (Å²) in [4.78, 5) is 0. The highest BCUT2D eigenvalue weighted by Gasteiger charge is 2.30. The minimum atomic E-state index is -3.48. The van der Waals surface area contributed by atoms with Crippen molar-refractivity contribution in [3.63, 3.8) is 0 Å². The van der Waals surface area contributed by atoms with Gasteiger partial charge in [0, 0.05) is 13.1 Å². The predicted octanol–water partition coefficient (Wildman–Crippen LogP) is 1.63. The van der Waals surface area contributed by atoms with Crippen LogP contribution in [0.1, 0.15) is 36.7 Å². The first-order valence-corrected chi connectivity index (χ1v) is 7.77. The normalized spacial score (nSPS) is 19.3. The molecule has 0 bridgehead atoms. The summed E-state index contributed by atoms with van der Waals surface area (Å²) in [6.07, 6.45) is 1.86. The molecule has 0 aromatic carbocycles. The van der Waals surface area contributed by atoms with Crippen molar-refractivity contribution in [1.29, 1.82) is 0 Å². The van der Waals surface area contributed by atoms with Crippen LogP contribution in [0.4, 0.5) is 0 Å². The Morgan fingerprint density at radius 3 is 2.17 bits per heavy atom. The smallest absolute Gasteiger partial charge is 0.187 e. The van der Waals surface area contributed by atoms with E-state index in [1.54, 1.807) is 11.2 Å². The average molecular weight is 271 g/mol. The van der Waals surface area contributed by atoms with Crippen LogP contribution in [0.25, 0.3) is 0 Å². The van der Waals surface area contributed by atoms with Crippen molar-refractivity contribution in [2.45, 2.75) is 40.5 Å². The summed E-state index contributed by atoms with van der Waals surface area (Å²) in [5, 5.41) is 4.16. The Labute approximate surface area is 109 Å². The van der Waals surface area contributed by atoms with Gasteiger partial charge < -0.3 is 0 Å². The number of hydrogen-bond acceptors (Lipinski definition) is 3. The van der Waals surface area contributed by atoms with Gasteiger partial charge in [-0.05, 0) is 45.1 Å². The fourth-order valence-corrected chi connectivity index (χ4v) is 3.84. The lowest BCUT2D eigenvalue weighted by Crippen LogP contribution is -2.41. The van der Waals surface area contributed by atoms with Gasteiger partial charge in [0.25, 0.3) is 0 Å². The van der Waals surface area contributed by atoms with Gasteiger partial charge in [-0.25, -0.2) is 0 Å². The van der Waals surface area contributed by atoms with E-state index in [0.717, 1.165) is 24.1 Å². The van der Waals surface area contributed by atoms with Gasteiger partial charge in [-0.15, -0.1) is 4.09 Å². The third-order valence-corrected chi connectivity index (χ3v) is 5.71. The molecule has 1 aromatic rings. The van der Waals surface area contributed by atoms with E-state index >= 15 is 0 Å². The first-order chi connectivity index (χ1) is 8.34. The number of hydrogen-bond donors (Lipinski definition) is 0. The monoisotopic (exact) mass is 271 g/mol. The lowest BCUT2D eigenvalue weighted by Gasteiger charge is -2.29. The van der Waals surface area contributed by atoms with Gasteiger partial charge in [0.05, 0.1) is 11.4 Å². The van der Waals surface area contributed by atoms with E-state index in [4.69, 9.17) is 0 Å². The molecule has 0 radical (unpaired) electrons. The first-order valence-electron chi connectivity index (χ1n) is 6.37. The van der Waals surface area contributed by atoms with E-state index in [2.05, 4.69) is 12.0 Å². The third kappa shape index (κ3) is 2.19. The molecule has 1 fully saturated rings. The molecular formula is C12H21N3O2S. The molecule has 0 unspecified atom stereocenters. The van der Waals surface area contributed by atoms with Crippen LogP contribution >= 0.6 is 0 Å². The Bertz CT molecular complexity index is 540. The summed E-state index contributed by atoms with van der Waals surface area (Å²) in [5.74, 6) is 0.610. The molecule has 2 rings (SSSR count). The largest absolute Gasteiger partial charge is 0.323 e. The molecule has 1 aromatic heterocycles. The van der Waals surface area contributed by atoms with Crippen LogP contribution < -0.4 is 0 Å². The van der Waals surface area contributed by atoms with Crippen LogP contribution in [0, 0.1) is 26.7 Å². The highest BCUT2D eigenvalue weighted by molar-refractivity contribution is 7.87. The van der Waals surface area contributed by atoms with Gasteiger partial charge in [0.1, 0.15) is 0 Å². The standard InChI is InChI=1S/C12H21N3O2S/c1-9-5-7-14(8-6-9)18(16,17)15-12(4)10(2)11(3)13-15/h9H,5-8H2,1-4H3. The van der Waals surface area contributed by atoms with Crippen LogP contribution in [-0.2, 0) is 10.2 Å². The lowest BCUT2D eigenvalue weighted by molar-refractivity contribution is 0.284. The van der Waals surface area contributed by atoms with Gasteiger partial charge >= 0.3 is 10.2 Å². The van der Waals surface area contributed by atoms with E-state index in [1.165, 1.54) is 4.09 Å². The van der Waals surface area contributed by atoms with Crippen molar-refractivity contribution in [2.75, 3.05) is 13.1 Å². The fourth-order valence-electron chi connectivity index (χ4n) is 2.24. The molecule has 0 atom stereocenters. The third-order valence-electron chi connectivity index (χ3n) is 3.90. The van der Waals surface area contributed by atoms with Crippen molar-refractivity contribution in [2.24, 2.45) is 5.92 Å². The molecule has 18 heavy (non-hydrogen) atoms. The molecular weight excluding hydrogens is 250 g/mol. The van der Waals surface area contributed by atoms with Crippen LogP contribution in [0.2, 0.25) is 0 Å². The zero-order valence-corrected chi connectivity index (χ0v) is 12.3. The molecule has 0 amide bonds. The zero-order valence-electron chi connectivity index (χ0n) is 11.5. The molecule has 0 N–H and O–H groups in total. The van der Waals surface area contributed by atoms with Crippen LogP contribution in [0.15, 0.2) is 0 Å². The molecule has 5 nitrogen and oxygen atoms in total. The fraction of sp³-hybridized carbons (Fsp3) is 0.750. The topological polar surface area (TPSA) is 55.2 Å². The van der Waals surface area contributed by atoms with Gasteiger partial charge in [-0.1, -0.05) is 6.92 Å². The Morgan fingerprint density at radius 2 is 1.72 bits per heavy atom. The van der Waals surface area contributed by atoms with Crippen LogP contribution in [0.5, 0.6) is 0 Å². The summed E-state index contributed by atoms with van der Waals surface area (Å²) >= 11 is 0. The highest BCUT2D eigenvalue weighted by Crippen LogP contribution is 2.21. The summed E-state index contributed by atoms with van der Waals surface area (Å²) < 4.78 is 27.7. The second-order valence-corrected chi connectivity index (χ2v) is 6.99. The van der Waals surface area contributed by atoms with Crippen LogP contribution in [-0.4, -0.2) is 35.0 Å².